The molecule has 0 bridgehead atoms. The standard InChI is InChI=1S/C20H23Cl2N3O4S/c1-25(2)30(28,29)16-7-3-6-15(12-16)20(27)24-13-19(26)23-10-4-5-14-8-9-17(21)18(22)11-14/h3,6-9,11-12H,4-5,10,13H2,1-2H3,(H,23,26)(H,24,27). The van der Waals surface area contributed by atoms with E-state index in [1.54, 1.807) is 12.1 Å². The largest absolute Gasteiger partial charge is 0.355 e. The van der Waals surface area contributed by atoms with Crippen molar-refractivity contribution < 1.29 is 18.0 Å². The van der Waals surface area contributed by atoms with Crippen LogP contribution >= 0.6 is 23.2 Å². The van der Waals surface area contributed by atoms with Gasteiger partial charge < -0.3 is 10.6 Å². The monoisotopic (exact) mass is 471 g/mol. The van der Waals surface area contributed by atoms with E-state index in [1.807, 2.05) is 6.07 Å². The van der Waals surface area contributed by atoms with Gasteiger partial charge in [0.25, 0.3) is 5.91 Å². The highest BCUT2D eigenvalue weighted by atomic mass is 35.5. The minimum Gasteiger partial charge on any atom is -0.355 e. The predicted octanol–water partition coefficient (Wildman–Crippen LogP) is 2.72. The number of halogens is 2. The van der Waals surface area contributed by atoms with Gasteiger partial charge in [-0.25, -0.2) is 12.7 Å². The van der Waals surface area contributed by atoms with Crippen LogP contribution in [0.2, 0.25) is 10.0 Å². The molecule has 0 heterocycles. The molecule has 0 aliphatic heterocycles. The Morgan fingerprint density at radius 1 is 1.00 bits per heavy atom. The van der Waals surface area contributed by atoms with E-state index in [1.165, 1.54) is 38.4 Å². The third-order valence-electron chi connectivity index (χ3n) is 4.23. The van der Waals surface area contributed by atoms with Crippen LogP contribution in [0.25, 0.3) is 0 Å². The van der Waals surface area contributed by atoms with E-state index < -0.39 is 15.9 Å². The molecule has 30 heavy (non-hydrogen) atoms. The number of amides is 2. The maximum Gasteiger partial charge on any atom is 0.251 e. The van der Waals surface area contributed by atoms with Gasteiger partial charge in [-0.3, -0.25) is 9.59 Å². The minimum atomic E-state index is -3.65. The minimum absolute atomic E-state index is 0.00639. The summed E-state index contributed by atoms with van der Waals surface area (Å²) >= 11 is 11.8. The second kappa shape index (κ2) is 10.8. The lowest BCUT2D eigenvalue weighted by Crippen LogP contribution is -2.37. The van der Waals surface area contributed by atoms with Crippen LogP contribution in [0.15, 0.2) is 47.4 Å². The summed E-state index contributed by atoms with van der Waals surface area (Å²) in [5.74, 6) is -0.869. The zero-order valence-electron chi connectivity index (χ0n) is 16.6. The molecule has 0 unspecified atom stereocenters. The quantitative estimate of drug-likeness (QED) is 0.549. The lowest BCUT2D eigenvalue weighted by atomic mass is 10.1. The number of hydrogen-bond acceptors (Lipinski definition) is 4. The highest BCUT2D eigenvalue weighted by Gasteiger charge is 2.18. The van der Waals surface area contributed by atoms with Crippen molar-refractivity contribution in [3.8, 4) is 0 Å². The van der Waals surface area contributed by atoms with Crippen LogP contribution in [0.4, 0.5) is 0 Å². The summed E-state index contributed by atoms with van der Waals surface area (Å²) in [6.07, 6.45) is 1.42. The third kappa shape index (κ3) is 6.70. The summed E-state index contributed by atoms with van der Waals surface area (Å²) in [5, 5.41) is 6.19. The molecule has 2 aromatic carbocycles. The summed E-state index contributed by atoms with van der Waals surface area (Å²) in [6, 6.07) is 11.0. The van der Waals surface area contributed by atoms with Gasteiger partial charge in [0, 0.05) is 26.2 Å². The number of sulfonamides is 1. The Balaban J connectivity index is 1.79. The predicted molar refractivity (Wildman–Crippen MR) is 117 cm³/mol. The van der Waals surface area contributed by atoms with E-state index >= 15 is 0 Å². The second-order valence-electron chi connectivity index (χ2n) is 6.70. The van der Waals surface area contributed by atoms with Gasteiger partial charge in [-0.1, -0.05) is 35.3 Å². The van der Waals surface area contributed by atoms with E-state index in [9.17, 15) is 18.0 Å². The number of benzene rings is 2. The Bertz CT molecular complexity index is 1030. The first-order valence-electron chi connectivity index (χ1n) is 9.12. The van der Waals surface area contributed by atoms with Crippen molar-refractivity contribution in [2.45, 2.75) is 17.7 Å². The molecule has 2 N–H and O–H groups in total. The molecule has 0 atom stereocenters. The molecule has 0 spiro atoms. The molecule has 0 saturated carbocycles. The van der Waals surface area contributed by atoms with Gasteiger partial charge in [-0.05, 0) is 48.7 Å². The van der Waals surface area contributed by atoms with Crippen LogP contribution in [0.1, 0.15) is 22.3 Å². The van der Waals surface area contributed by atoms with Crippen LogP contribution in [0, 0.1) is 0 Å². The van der Waals surface area contributed by atoms with Crippen LogP contribution in [-0.2, 0) is 21.2 Å². The van der Waals surface area contributed by atoms with Crippen molar-refractivity contribution in [3.63, 3.8) is 0 Å². The van der Waals surface area contributed by atoms with Crippen LogP contribution in [0.5, 0.6) is 0 Å². The van der Waals surface area contributed by atoms with Gasteiger partial charge in [0.1, 0.15) is 0 Å². The summed E-state index contributed by atoms with van der Waals surface area (Å²) in [5.41, 5.74) is 1.17. The smallest absolute Gasteiger partial charge is 0.251 e. The number of carbonyl (C=O) groups is 2. The first-order valence-corrected chi connectivity index (χ1v) is 11.3. The van der Waals surface area contributed by atoms with E-state index in [0.717, 1.165) is 16.3 Å². The lowest BCUT2D eigenvalue weighted by Gasteiger charge is -2.12. The number of nitrogens with zero attached hydrogens (tertiary/aromatic N) is 1. The van der Waals surface area contributed by atoms with Crippen molar-refractivity contribution in [2.24, 2.45) is 0 Å². The van der Waals surface area contributed by atoms with E-state index in [-0.39, 0.29) is 22.9 Å². The highest BCUT2D eigenvalue weighted by Crippen LogP contribution is 2.23. The van der Waals surface area contributed by atoms with Crippen molar-refractivity contribution >= 4 is 45.0 Å². The Morgan fingerprint density at radius 3 is 2.40 bits per heavy atom. The van der Waals surface area contributed by atoms with Crippen molar-refractivity contribution in [1.82, 2.24) is 14.9 Å². The van der Waals surface area contributed by atoms with Gasteiger partial charge in [0.15, 0.2) is 0 Å². The van der Waals surface area contributed by atoms with Crippen molar-refractivity contribution in [3.05, 3.63) is 63.6 Å². The van der Waals surface area contributed by atoms with Gasteiger partial charge in [0.05, 0.1) is 21.5 Å². The molecule has 2 aromatic rings. The summed E-state index contributed by atoms with van der Waals surface area (Å²) in [6.45, 7) is 0.224. The van der Waals surface area contributed by atoms with E-state index in [0.29, 0.717) is 23.0 Å². The van der Waals surface area contributed by atoms with Crippen LogP contribution in [0.3, 0.4) is 0 Å². The first-order chi connectivity index (χ1) is 14.1. The van der Waals surface area contributed by atoms with Gasteiger partial charge in [0.2, 0.25) is 15.9 Å². The molecule has 10 heteroatoms. The molecule has 162 valence electrons. The summed E-state index contributed by atoms with van der Waals surface area (Å²) in [4.78, 5) is 24.2. The molecule has 0 aliphatic rings. The maximum atomic E-state index is 12.2. The number of nitrogens with one attached hydrogen (secondary N) is 2. The first kappa shape index (κ1) is 24.1. The third-order valence-corrected chi connectivity index (χ3v) is 6.78. The normalized spacial score (nSPS) is 11.4. The molecule has 0 saturated heterocycles. The SMILES string of the molecule is CN(C)S(=O)(=O)c1cccc(C(=O)NCC(=O)NCCCc2ccc(Cl)c(Cl)c2)c1. The van der Waals surface area contributed by atoms with Gasteiger partial charge in [-0.2, -0.15) is 0 Å². The van der Waals surface area contributed by atoms with Crippen molar-refractivity contribution in [1.29, 1.82) is 0 Å². The van der Waals surface area contributed by atoms with Crippen LogP contribution < -0.4 is 10.6 Å². The lowest BCUT2D eigenvalue weighted by molar-refractivity contribution is -0.120. The van der Waals surface area contributed by atoms with Gasteiger partial charge in [-0.15, -0.1) is 0 Å². The Hall–Kier alpha value is -2.13. The Kier molecular flexibility index (Phi) is 8.66. The molecular weight excluding hydrogens is 449 g/mol. The fraction of sp³-hybridized carbons (Fsp3) is 0.300. The molecule has 2 amide bonds. The fourth-order valence-corrected chi connectivity index (χ4v) is 3.82. The number of carbonyl (C=O) groups excluding carboxylic acids is 2. The highest BCUT2D eigenvalue weighted by molar-refractivity contribution is 7.89. The zero-order chi connectivity index (χ0) is 22.3. The number of hydrogen-bond donors (Lipinski definition) is 2. The average Bonchev–Trinajstić information content (AvgIpc) is 2.71. The summed E-state index contributed by atoms with van der Waals surface area (Å²) < 4.78 is 25.4. The van der Waals surface area contributed by atoms with E-state index in [4.69, 9.17) is 23.2 Å². The molecule has 2 rings (SSSR count). The average molecular weight is 472 g/mol. The Morgan fingerprint density at radius 2 is 1.73 bits per heavy atom. The van der Waals surface area contributed by atoms with Crippen LogP contribution in [-0.4, -0.2) is 51.7 Å². The molecular formula is C20H23Cl2N3O4S. The molecule has 0 radical (unpaired) electrons. The fourth-order valence-electron chi connectivity index (χ4n) is 2.55. The second-order valence-corrected chi connectivity index (χ2v) is 9.67. The van der Waals surface area contributed by atoms with Gasteiger partial charge >= 0.3 is 0 Å². The molecule has 0 aliphatic carbocycles. The van der Waals surface area contributed by atoms with Crippen molar-refractivity contribution in [2.75, 3.05) is 27.2 Å². The topological polar surface area (TPSA) is 95.6 Å². The zero-order valence-corrected chi connectivity index (χ0v) is 18.9. The molecule has 0 fully saturated rings. The Labute approximate surface area is 186 Å². The number of rotatable bonds is 9. The molecule has 0 aromatic heterocycles. The summed E-state index contributed by atoms with van der Waals surface area (Å²) in [7, 11) is -0.827. The maximum absolute atomic E-state index is 12.2. The molecule has 7 nitrogen and oxygen atoms in total. The number of aryl methyl sites for hydroxylation is 1. The van der Waals surface area contributed by atoms with E-state index in [2.05, 4.69) is 10.6 Å².